The molecule has 0 radical (unpaired) electrons. The Morgan fingerprint density at radius 2 is 1.72 bits per heavy atom. The van der Waals surface area contributed by atoms with Crippen molar-refractivity contribution in [1.82, 2.24) is 14.9 Å². The van der Waals surface area contributed by atoms with Crippen LogP contribution >= 0.6 is 0 Å². The first kappa shape index (κ1) is 23.3. The maximum absolute atomic E-state index is 12.2. The number of methoxy groups -OCH3 is 1. The van der Waals surface area contributed by atoms with Crippen LogP contribution in [0.1, 0.15) is 36.7 Å². The van der Waals surface area contributed by atoms with Crippen LogP contribution in [0.25, 0.3) is 0 Å². The number of aliphatic hydroxyl groups is 1. The lowest BCUT2D eigenvalue weighted by Gasteiger charge is -2.35. The zero-order chi connectivity index (χ0) is 23.3. The molecule has 10 heteroatoms. The van der Waals surface area contributed by atoms with Crippen molar-refractivity contribution < 1.29 is 28.9 Å². The fourth-order valence-electron chi connectivity index (χ4n) is 3.15. The first-order chi connectivity index (χ1) is 15.2. The van der Waals surface area contributed by atoms with E-state index in [1.807, 2.05) is 25.7 Å². The maximum atomic E-state index is 12.2. The predicted octanol–water partition coefficient (Wildman–Crippen LogP) is 2.60. The van der Waals surface area contributed by atoms with Gasteiger partial charge in [0.15, 0.2) is 5.75 Å². The number of ether oxygens (including phenoxy) is 3. The highest BCUT2D eigenvalue weighted by molar-refractivity contribution is 5.91. The molecule has 1 aromatic carbocycles. The fourth-order valence-corrected chi connectivity index (χ4v) is 3.15. The van der Waals surface area contributed by atoms with E-state index in [9.17, 15) is 14.7 Å². The number of aromatic nitrogens is 2. The van der Waals surface area contributed by atoms with E-state index in [0.717, 1.165) is 0 Å². The molecule has 0 saturated carbocycles. The molecule has 3 rings (SSSR count). The Bertz CT molecular complexity index is 950. The Labute approximate surface area is 186 Å². The second-order valence-corrected chi connectivity index (χ2v) is 8.24. The number of benzene rings is 1. The van der Waals surface area contributed by atoms with Gasteiger partial charge in [-0.1, -0.05) is 0 Å². The van der Waals surface area contributed by atoms with Crippen molar-refractivity contribution in [3.8, 4) is 11.5 Å². The summed E-state index contributed by atoms with van der Waals surface area (Å²) < 4.78 is 15.9. The molecule has 0 aliphatic carbocycles. The van der Waals surface area contributed by atoms with Gasteiger partial charge >= 0.3 is 12.1 Å². The molecular weight excluding hydrogens is 416 g/mol. The highest BCUT2D eigenvalue weighted by Gasteiger charge is 2.26. The van der Waals surface area contributed by atoms with Crippen molar-refractivity contribution in [3.05, 3.63) is 41.7 Å². The molecule has 1 aliphatic rings. The minimum Gasteiger partial charge on any atom is -0.465 e. The van der Waals surface area contributed by atoms with Gasteiger partial charge < -0.3 is 29.1 Å². The van der Waals surface area contributed by atoms with Gasteiger partial charge in [-0.25, -0.2) is 19.6 Å². The molecule has 0 bridgehead atoms. The predicted molar refractivity (Wildman–Crippen MR) is 116 cm³/mol. The lowest BCUT2D eigenvalue weighted by atomic mass is 10.1. The van der Waals surface area contributed by atoms with Gasteiger partial charge in [-0.3, -0.25) is 0 Å². The zero-order valence-electron chi connectivity index (χ0n) is 18.7. The van der Waals surface area contributed by atoms with Crippen LogP contribution in [0.2, 0.25) is 0 Å². The number of rotatable bonds is 5. The van der Waals surface area contributed by atoms with Crippen LogP contribution in [0.5, 0.6) is 11.5 Å². The first-order valence-corrected chi connectivity index (χ1v) is 10.2. The van der Waals surface area contributed by atoms with Crippen LogP contribution in [0, 0.1) is 0 Å². The molecule has 0 unspecified atom stereocenters. The van der Waals surface area contributed by atoms with Gasteiger partial charge in [-0.2, -0.15) is 0 Å². The SMILES string of the molecule is COC(=O)c1ccc(Oc2cnc(N3CCN(C(=O)OC(C)(C)C)CC3)nc2)cc1CO. The molecular formula is C22H28N4O6. The van der Waals surface area contributed by atoms with Gasteiger partial charge in [-0.05, 0) is 44.5 Å². The third kappa shape index (κ3) is 5.85. The minimum atomic E-state index is -0.528. The normalized spacial score (nSPS) is 14.2. The molecule has 32 heavy (non-hydrogen) atoms. The Morgan fingerprint density at radius 3 is 2.28 bits per heavy atom. The van der Waals surface area contributed by atoms with E-state index >= 15 is 0 Å². The number of hydrogen-bond acceptors (Lipinski definition) is 9. The van der Waals surface area contributed by atoms with Gasteiger partial charge in [0.05, 0.1) is 31.7 Å². The Balaban J connectivity index is 1.59. The van der Waals surface area contributed by atoms with Crippen molar-refractivity contribution in [2.75, 3.05) is 38.2 Å². The lowest BCUT2D eigenvalue weighted by Crippen LogP contribution is -2.50. The van der Waals surface area contributed by atoms with Crippen molar-refractivity contribution in [3.63, 3.8) is 0 Å². The third-order valence-corrected chi connectivity index (χ3v) is 4.72. The summed E-state index contributed by atoms with van der Waals surface area (Å²) in [4.78, 5) is 36.3. The third-order valence-electron chi connectivity index (χ3n) is 4.72. The fraction of sp³-hybridized carbons (Fsp3) is 0.455. The van der Waals surface area contributed by atoms with Crippen molar-refractivity contribution in [1.29, 1.82) is 0 Å². The van der Waals surface area contributed by atoms with Gasteiger partial charge in [0, 0.05) is 26.2 Å². The highest BCUT2D eigenvalue weighted by atomic mass is 16.6. The van der Waals surface area contributed by atoms with Gasteiger partial charge in [-0.15, -0.1) is 0 Å². The van der Waals surface area contributed by atoms with Gasteiger partial charge in [0.1, 0.15) is 11.4 Å². The minimum absolute atomic E-state index is 0.277. The van der Waals surface area contributed by atoms with Crippen LogP contribution in [-0.2, 0) is 16.1 Å². The maximum Gasteiger partial charge on any atom is 0.410 e. The molecule has 0 atom stereocenters. The van der Waals surface area contributed by atoms with E-state index in [1.54, 1.807) is 29.4 Å². The standard InChI is InChI=1S/C22H28N4O6/c1-22(2,3)32-21(29)26-9-7-25(8-10-26)20-23-12-17(13-24-20)31-16-5-6-18(19(28)30-4)15(11-16)14-27/h5-6,11-13,27H,7-10,14H2,1-4H3. The summed E-state index contributed by atoms with van der Waals surface area (Å²) in [5.74, 6) is 0.859. The van der Waals surface area contributed by atoms with Gasteiger partial charge in [0.25, 0.3) is 0 Å². The van der Waals surface area contributed by atoms with Crippen molar-refractivity contribution in [2.45, 2.75) is 33.0 Å². The highest BCUT2D eigenvalue weighted by Crippen LogP contribution is 2.25. The second kappa shape index (κ2) is 9.82. The van der Waals surface area contributed by atoms with E-state index in [1.165, 1.54) is 13.2 Å². The first-order valence-electron chi connectivity index (χ1n) is 10.2. The van der Waals surface area contributed by atoms with Crippen LogP contribution < -0.4 is 9.64 Å². The Kier molecular flexibility index (Phi) is 7.14. The average molecular weight is 444 g/mol. The molecule has 1 saturated heterocycles. The number of carbonyl (C=O) groups is 2. The summed E-state index contributed by atoms with van der Waals surface area (Å²) in [6.07, 6.45) is 2.78. The number of hydrogen-bond donors (Lipinski definition) is 1. The zero-order valence-corrected chi connectivity index (χ0v) is 18.7. The summed E-state index contributed by atoms with van der Waals surface area (Å²) in [5, 5.41) is 9.52. The lowest BCUT2D eigenvalue weighted by molar-refractivity contribution is 0.0240. The number of anilines is 1. The molecule has 1 fully saturated rings. The van der Waals surface area contributed by atoms with E-state index in [4.69, 9.17) is 14.2 Å². The molecule has 1 N–H and O–H groups in total. The van der Waals surface area contributed by atoms with E-state index in [0.29, 0.717) is 49.2 Å². The topological polar surface area (TPSA) is 114 Å². The van der Waals surface area contributed by atoms with Crippen LogP contribution in [-0.4, -0.2) is 70.9 Å². The van der Waals surface area contributed by atoms with E-state index in [-0.39, 0.29) is 18.3 Å². The molecule has 1 amide bonds. The van der Waals surface area contributed by atoms with Crippen LogP contribution in [0.15, 0.2) is 30.6 Å². The number of aliphatic hydroxyl groups excluding tert-OH is 1. The molecule has 172 valence electrons. The largest absolute Gasteiger partial charge is 0.465 e. The summed E-state index contributed by atoms with van der Waals surface area (Å²) in [5.41, 5.74) is 0.152. The smallest absolute Gasteiger partial charge is 0.410 e. The quantitative estimate of drug-likeness (QED) is 0.695. The monoisotopic (exact) mass is 444 g/mol. The van der Waals surface area contributed by atoms with Crippen LogP contribution in [0.4, 0.5) is 10.7 Å². The summed E-state index contributed by atoms with van der Waals surface area (Å²) in [7, 11) is 1.28. The van der Waals surface area contributed by atoms with E-state index < -0.39 is 11.6 Å². The number of nitrogens with zero attached hydrogens (tertiary/aromatic N) is 4. The Morgan fingerprint density at radius 1 is 1.06 bits per heavy atom. The van der Waals surface area contributed by atoms with Gasteiger partial charge in [0.2, 0.25) is 5.95 Å². The molecule has 2 heterocycles. The Hall–Kier alpha value is -3.40. The molecule has 1 aromatic heterocycles. The van der Waals surface area contributed by atoms with E-state index in [2.05, 4.69) is 9.97 Å². The van der Waals surface area contributed by atoms with Crippen LogP contribution in [0.3, 0.4) is 0 Å². The number of esters is 1. The molecule has 2 aromatic rings. The van der Waals surface area contributed by atoms with Crippen molar-refractivity contribution >= 4 is 18.0 Å². The molecule has 0 spiro atoms. The molecule has 1 aliphatic heterocycles. The number of piperazine rings is 1. The average Bonchev–Trinajstić information content (AvgIpc) is 2.78. The second-order valence-electron chi connectivity index (χ2n) is 8.24. The summed E-state index contributed by atoms with van der Waals surface area (Å²) in [6, 6.07) is 4.71. The number of amides is 1. The van der Waals surface area contributed by atoms with Crippen molar-refractivity contribution in [2.24, 2.45) is 0 Å². The number of carbonyl (C=O) groups excluding carboxylic acids is 2. The summed E-state index contributed by atoms with van der Waals surface area (Å²) in [6.45, 7) is 7.43. The summed E-state index contributed by atoms with van der Waals surface area (Å²) >= 11 is 0. The molecule has 10 nitrogen and oxygen atoms in total.